The van der Waals surface area contributed by atoms with E-state index < -0.39 is 0 Å². The van der Waals surface area contributed by atoms with Crippen molar-refractivity contribution in [1.82, 2.24) is 4.90 Å². The van der Waals surface area contributed by atoms with Gasteiger partial charge in [-0.05, 0) is 18.9 Å². The van der Waals surface area contributed by atoms with Gasteiger partial charge in [-0.1, -0.05) is 6.92 Å². The molecule has 1 atom stereocenters. The Morgan fingerprint density at radius 2 is 2.50 bits per heavy atom. The van der Waals surface area contributed by atoms with Gasteiger partial charge < -0.3 is 4.90 Å². The number of rotatable bonds is 2. The van der Waals surface area contributed by atoms with E-state index in [0.29, 0.717) is 6.42 Å². The van der Waals surface area contributed by atoms with E-state index in [2.05, 4.69) is 17.9 Å². The fraction of sp³-hybridized carbons (Fsp3) is 0.875. The van der Waals surface area contributed by atoms with Crippen molar-refractivity contribution in [2.24, 2.45) is 5.92 Å². The van der Waals surface area contributed by atoms with Crippen molar-refractivity contribution in [3.8, 4) is 6.07 Å². The van der Waals surface area contributed by atoms with Crippen LogP contribution >= 0.6 is 0 Å². The average Bonchev–Trinajstić information content (AvgIpc) is 2.31. The van der Waals surface area contributed by atoms with Crippen molar-refractivity contribution in [2.75, 3.05) is 19.6 Å². The Kier molecular flexibility index (Phi) is 2.70. The van der Waals surface area contributed by atoms with E-state index in [1.54, 1.807) is 0 Å². The minimum Gasteiger partial charge on any atom is -0.302 e. The molecule has 1 rings (SSSR count). The van der Waals surface area contributed by atoms with E-state index in [0.717, 1.165) is 12.5 Å². The van der Waals surface area contributed by atoms with Crippen LogP contribution in [-0.4, -0.2) is 24.5 Å². The largest absolute Gasteiger partial charge is 0.302 e. The summed E-state index contributed by atoms with van der Waals surface area (Å²) in [5.41, 5.74) is 0. The van der Waals surface area contributed by atoms with Crippen LogP contribution in [0.1, 0.15) is 19.8 Å². The van der Waals surface area contributed by atoms with Crippen LogP contribution in [-0.2, 0) is 0 Å². The molecule has 0 spiro atoms. The molecule has 0 bridgehead atoms. The maximum Gasteiger partial charge on any atom is 0.0635 e. The van der Waals surface area contributed by atoms with Crippen molar-refractivity contribution in [3.05, 3.63) is 0 Å². The second-order valence-electron chi connectivity index (χ2n) is 3.10. The van der Waals surface area contributed by atoms with Crippen LogP contribution in [0.3, 0.4) is 0 Å². The molecule has 1 unspecified atom stereocenters. The number of hydrogen-bond acceptors (Lipinski definition) is 2. The highest BCUT2D eigenvalue weighted by Crippen LogP contribution is 2.14. The van der Waals surface area contributed by atoms with Gasteiger partial charge in [-0.15, -0.1) is 0 Å². The number of nitriles is 1. The molecular weight excluding hydrogens is 124 g/mol. The standard InChI is InChI=1S/C8H14N2/c1-8-3-6-10(7-8)5-2-4-9/h8H,2-3,5-7H2,1H3. The highest BCUT2D eigenvalue weighted by atomic mass is 15.1. The summed E-state index contributed by atoms with van der Waals surface area (Å²) >= 11 is 0. The molecule has 2 nitrogen and oxygen atoms in total. The second-order valence-corrected chi connectivity index (χ2v) is 3.10. The summed E-state index contributed by atoms with van der Waals surface area (Å²) in [4.78, 5) is 2.37. The van der Waals surface area contributed by atoms with Gasteiger partial charge in [0.1, 0.15) is 0 Å². The zero-order valence-corrected chi connectivity index (χ0v) is 6.51. The van der Waals surface area contributed by atoms with E-state index in [-0.39, 0.29) is 0 Å². The van der Waals surface area contributed by atoms with Gasteiger partial charge in [0, 0.05) is 19.5 Å². The molecule has 0 saturated carbocycles. The van der Waals surface area contributed by atoms with Gasteiger partial charge in [-0.25, -0.2) is 0 Å². The Morgan fingerprint density at radius 1 is 1.70 bits per heavy atom. The van der Waals surface area contributed by atoms with Crippen molar-refractivity contribution < 1.29 is 0 Å². The Bertz CT molecular complexity index is 137. The Hall–Kier alpha value is -0.550. The summed E-state index contributed by atoms with van der Waals surface area (Å²) in [6.07, 6.45) is 2.00. The molecule has 0 aliphatic carbocycles. The average molecular weight is 138 g/mol. The van der Waals surface area contributed by atoms with E-state index in [1.807, 2.05) is 0 Å². The van der Waals surface area contributed by atoms with Gasteiger partial charge in [-0.3, -0.25) is 0 Å². The predicted molar refractivity (Wildman–Crippen MR) is 40.5 cm³/mol. The molecule has 56 valence electrons. The van der Waals surface area contributed by atoms with Gasteiger partial charge in [-0.2, -0.15) is 5.26 Å². The van der Waals surface area contributed by atoms with E-state index >= 15 is 0 Å². The maximum absolute atomic E-state index is 8.32. The van der Waals surface area contributed by atoms with Crippen molar-refractivity contribution in [3.63, 3.8) is 0 Å². The van der Waals surface area contributed by atoms with Crippen LogP contribution in [0.5, 0.6) is 0 Å². The highest BCUT2D eigenvalue weighted by Gasteiger charge is 2.17. The fourth-order valence-electron chi connectivity index (χ4n) is 1.44. The Labute approximate surface area is 62.4 Å². The van der Waals surface area contributed by atoms with Gasteiger partial charge in [0.2, 0.25) is 0 Å². The first-order valence-corrected chi connectivity index (χ1v) is 3.92. The van der Waals surface area contributed by atoms with Crippen LogP contribution in [0, 0.1) is 17.2 Å². The summed E-state index contributed by atoms with van der Waals surface area (Å²) in [6.45, 7) is 5.64. The zero-order valence-electron chi connectivity index (χ0n) is 6.51. The lowest BCUT2D eigenvalue weighted by Crippen LogP contribution is -2.20. The SMILES string of the molecule is CC1CCN(CCC#N)C1. The first-order valence-electron chi connectivity index (χ1n) is 3.92. The smallest absolute Gasteiger partial charge is 0.0635 e. The first kappa shape index (κ1) is 7.56. The Morgan fingerprint density at radius 3 is 3.00 bits per heavy atom. The molecule has 1 aliphatic heterocycles. The molecule has 0 aromatic heterocycles. The maximum atomic E-state index is 8.32. The molecule has 1 saturated heterocycles. The van der Waals surface area contributed by atoms with E-state index in [9.17, 15) is 0 Å². The van der Waals surface area contributed by atoms with E-state index in [4.69, 9.17) is 5.26 Å². The summed E-state index contributed by atoms with van der Waals surface area (Å²) in [6, 6.07) is 2.17. The third-order valence-electron chi connectivity index (χ3n) is 2.05. The quantitative estimate of drug-likeness (QED) is 0.574. The summed E-state index contributed by atoms with van der Waals surface area (Å²) in [5.74, 6) is 0.846. The molecule has 0 aromatic carbocycles. The van der Waals surface area contributed by atoms with Crippen molar-refractivity contribution in [1.29, 1.82) is 5.26 Å². The molecule has 0 aromatic rings. The molecule has 1 fully saturated rings. The topological polar surface area (TPSA) is 27.0 Å². The summed E-state index contributed by atoms with van der Waals surface area (Å²) in [7, 11) is 0. The van der Waals surface area contributed by atoms with E-state index in [1.165, 1.54) is 19.5 Å². The Balaban J connectivity index is 2.14. The van der Waals surface area contributed by atoms with Gasteiger partial charge >= 0.3 is 0 Å². The van der Waals surface area contributed by atoms with Crippen LogP contribution in [0.4, 0.5) is 0 Å². The van der Waals surface area contributed by atoms with Crippen LogP contribution in [0.15, 0.2) is 0 Å². The van der Waals surface area contributed by atoms with Crippen molar-refractivity contribution >= 4 is 0 Å². The number of hydrogen-bond donors (Lipinski definition) is 0. The molecule has 1 aliphatic rings. The zero-order chi connectivity index (χ0) is 7.40. The monoisotopic (exact) mass is 138 g/mol. The lowest BCUT2D eigenvalue weighted by Gasteiger charge is -2.11. The summed E-state index contributed by atoms with van der Waals surface area (Å²) in [5, 5.41) is 8.32. The lowest BCUT2D eigenvalue weighted by atomic mass is 10.2. The minimum absolute atomic E-state index is 0.687. The molecule has 1 heterocycles. The molecule has 2 heteroatoms. The lowest BCUT2D eigenvalue weighted by molar-refractivity contribution is 0.336. The second kappa shape index (κ2) is 3.58. The molecular formula is C8H14N2. The van der Waals surface area contributed by atoms with Gasteiger partial charge in [0.05, 0.1) is 6.07 Å². The predicted octanol–water partition coefficient (Wildman–Crippen LogP) is 1.24. The first-order chi connectivity index (χ1) is 4.83. The fourth-order valence-corrected chi connectivity index (χ4v) is 1.44. The third kappa shape index (κ3) is 2.00. The third-order valence-corrected chi connectivity index (χ3v) is 2.05. The van der Waals surface area contributed by atoms with Gasteiger partial charge in [0.25, 0.3) is 0 Å². The molecule has 0 amide bonds. The minimum atomic E-state index is 0.687. The van der Waals surface area contributed by atoms with Crippen LogP contribution in [0.25, 0.3) is 0 Å². The normalized spacial score (nSPS) is 26.6. The number of likely N-dealkylation sites (tertiary alicyclic amines) is 1. The highest BCUT2D eigenvalue weighted by molar-refractivity contribution is 4.77. The summed E-state index contributed by atoms with van der Waals surface area (Å²) < 4.78 is 0. The molecule has 0 N–H and O–H groups in total. The van der Waals surface area contributed by atoms with Crippen LogP contribution in [0.2, 0.25) is 0 Å². The van der Waals surface area contributed by atoms with Crippen LogP contribution < -0.4 is 0 Å². The molecule has 0 radical (unpaired) electrons. The molecule has 10 heavy (non-hydrogen) atoms. The van der Waals surface area contributed by atoms with Crippen molar-refractivity contribution in [2.45, 2.75) is 19.8 Å². The van der Waals surface area contributed by atoms with Gasteiger partial charge in [0.15, 0.2) is 0 Å². The number of nitrogens with zero attached hydrogens (tertiary/aromatic N) is 2.